The molecule has 0 atom stereocenters. The maximum Gasteiger partial charge on any atom is 0.333 e. The molecule has 0 aliphatic heterocycles. The summed E-state index contributed by atoms with van der Waals surface area (Å²) in [7, 11) is 0. The molecule has 0 bridgehead atoms. The third kappa shape index (κ3) is 3.63. The van der Waals surface area contributed by atoms with E-state index in [1.165, 1.54) is 6.20 Å². The summed E-state index contributed by atoms with van der Waals surface area (Å²) >= 11 is 3.36. The smallest absolute Gasteiger partial charge is 0.333 e. The Morgan fingerprint density at radius 3 is 2.68 bits per heavy atom. The van der Waals surface area contributed by atoms with Crippen molar-refractivity contribution >= 4 is 21.6 Å². The lowest BCUT2D eigenvalue weighted by molar-refractivity contribution is 0.0565. The van der Waals surface area contributed by atoms with Gasteiger partial charge < -0.3 is 5.32 Å². The molecule has 118 valence electrons. The molecule has 2 aromatic heterocycles. The van der Waals surface area contributed by atoms with Crippen LogP contribution < -0.4 is 5.32 Å². The standard InChI is InChI=1S/C15H17BrF2N4/c16-14-7-13(5-6-19-14)21-12-3-1-10(2-4-12)11-8-20-22(9-11)15(17)18/h5-10,12,15H,1-4H2,(H,19,21)/t10-,12-. The number of nitrogens with zero attached hydrogens (tertiary/aromatic N) is 3. The van der Waals surface area contributed by atoms with E-state index in [9.17, 15) is 8.78 Å². The fourth-order valence-corrected chi connectivity index (χ4v) is 3.33. The van der Waals surface area contributed by atoms with Gasteiger partial charge in [-0.05, 0) is 65.2 Å². The molecule has 0 aromatic carbocycles. The topological polar surface area (TPSA) is 42.7 Å². The average molecular weight is 371 g/mol. The first-order chi connectivity index (χ1) is 10.6. The van der Waals surface area contributed by atoms with Gasteiger partial charge in [-0.2, -0.15) is 13.9 Å². The van der Waals surface area contributed by atoms with Crippen LogP contribution in [0.4, 0.5) is 14.5 Å². The molecule has 2 heterocycles. The molecule has 1 aliphatic rings. The van der Waals surface area contributed by atoms with E-state index in [2.05, 4.69) is 31.3 Å². The fourth-order valence-electron chi connectivity index (χ4n) is 2.97. The number of halogens is 3. The first kappa shape index (κ1) is 15.4. The Kier molecular flexibility index (Phi) is 4.71. The highest BCUT2D eigenvalue weighted by Crippen LogP contribution is 2.34. The van der Waals surface area contributed by atoms with Crippen molar-refractivity contribution in [1.29, 1.82) is 0 Å². The summed E-state index contributed by atoms with van der Waals surface area (Å²) in [5.74, 6) is 0.328. The quantitative estimate of drug-likeness (QED) is 0.801. The van der Waals surface area contributed by atoms with Crippen molar-refractivity contribution in [2.75, 3.05) is 5.32 Å². The molecule has 22 heavy (non-hydrogen) atoms. The summed E-state index contributed by atoms with van der Waals surface area (Å²) in [6.45, 7) is -2.56. The van der Waals surface area contributed by atoms with Gasteiger partial charge in [0.25, 0.3) is 0 Å². The van der Waals surface area contributed by atoms with E-state index in [-0.39, 0.29) is 0 Å². The Morgan fingerprint density at radius 2 is 2.05 bits per heavy atom. The van der Waals surface area contributed by atoms with E-state index in [4.69, 9.17) is 0 Å². The van der Waals surface area contributed by atoms with Gasteiger partial charge in [0.2, 0.25) is 0 Å². The van der Waals surface area contributed by atoms with Crippen LogP contribution in [0.25, 0.3) is 0 Å². The lowest BCUT2D eigenvalue weighted by Crippen LogP contribution is -2.25. The van der Waals surface area contributed by atoms with E-state index in [0.29, 0.717) is 12.0 Å². The second-order valence-electron chi connectivity index (χ2n) is 5.59. The Hall–Kier alpha value is -1.50. The van der Waals surface area contributed by atoms with Crippen molar-refractivity contribution in [2.45, 2.75) is 44.2 Å². The van der Waals surface area contributed by atoms with Crippen molar-refractivity contribution in [2.24, 2.45) is 0 Å². The molecular weight excluding hydrogens is 354 g/mol. The molecule has 0 saturated heterocycles. The molecule has 4 nitrogen and oxygen atoms in total. The predicted octanol–water partition coefficient (Wildman–Crippen LogP) is 4.57. The maximum atomic E-state index is 12.6. The zero-order valence-electron chi connectivity index (χ0n) is 11.9. The lowest BCUT2D eigenvalue weighted by atomic mass is 9.83. The van der Waals surface area contributed by atoms with Gasteiger partial charge in [-0.1, -0.05) is 0 Å². The zero-order chi connectivity index (χ0) is 15.5. The third-order valence-electron chi connectivity index (χ3n) is 4.12. The normalized spacial score (nSPS) is 22.0. The zero-order valence-corrected chi connectivity index (χ0v) is 13.5. The summed E-state index contributed by atoms with van der Waals surface area (Å²) in [5, 5.41) is 7.23. The van der Waals surface area contributed by atoms with E-state index in [1.54, 1.807) is 12.4 Å². The van der Waals surface area contributed by atoms with Crippen LogP contribution >= 0.6 is 15.9 Å². The second kappa shape index (κ2) is 6.73. The molecule has 1 N–H and O–H groups in total. The minimum Gasteiger partial charge on any atom is -0.382 e. The van der Waals surface area contributed by atoms with Gasteiger partial charge >= 0.3 is 6.55 Å². The average Bonchev–Trinajstić information content (AvgIpc) is 2.98. The van der Waals surface area contributed by atoms with Crippen LogP contribution in [0.2, 0.25) is 0 Å². The Morgan fingerprint density at radius 1 is 1.27 bits per heavy atom. The number of pyridine rings is 1. The van der Waals surface area contributed by atoms with Crippen LogP contribution in [0, 0.1) is 0 Å². The number of hydrogen-bond donors (Lipinski definition) is 1. The minimum absolute atomic E-state index is 0.328. The molecule has 0 spiro atoms. The van der Waals surface area contributed by atoms with Crippen LogP contribution in [-0.2, 0) is 0 Å². The largest absolute Gasteiger partial charge is 0.382 e. The van der Waals surface area contributed by atoms with Crippen molar-refractivity contribution < 1.29 is 8.78 Å². The summed E-state index contributed by atoms with van der Waals surface area (Å²) in [5.41, 5.74) is 1.97. The monoisotopic (exact) mass is 370 g/mol. The van der Waals surface area contributed by atoms with Crippen molar-refractivity contribution in [3.63, 3.8) is 0 Å². The predicted molar refractivity (Wildman–Crippen MR) is 84.0 cm³/mol. The third-order valence-corrected chi connectivity index (χ3v) is 4.55. The summed E-state index contributed by atoms with van der Waals surface area (Å²) in [6, 6.07) is 4.32. The van der Waals surface area contributed by atoms with Gasteiger partial charge in [0, 0.05) is 24.1 Å². The number of alkyl halides is 2. The SMILES string of the molecule is FC(F)n1cc([C@H]2CC[C@H](Nc3ccnc(Br)c3)CC2)cn1. The van der Waals surface area contributed by atoms with E-state index in [0.717, 1.165) is 46.2 Å². The molecule has 1 fully saturated rings. The summed E-state index contributed by atoms with van der Waals surface area (Å²) in [6.07, 6.45) is 8.82. The van der Waals surface area contributed by atoms with Crippen molar-refractivity contribution in [1.82, 2.24) is 14.8 Å². The van der Waals surface area contributed by atoms with Crippen LogP contribution in [0.3, 0.4) is 0 Å². The van der Waals surface area contributed by atoms with Crippen LogP contribution in [0.5, 0.6) is 0 Å². The van der Waals surface area contributed by atoms with Gasteiger partial charge in [-0.3, -0.25) is 0 Å². The minimum atomic E-state index is -2.56. The molecule has 0 amide bonds. The van der Waals surface area contributed by atoms with Crippen molar-refractivity contribution in [3.8, 4) is 0 Å². The van der Waals surface area contributed by atoms with E-state index < -0.39 is 6.55 Å². The van der Waals surface area contributed by atoms with Gasteiger partial charge in [0.15, 0.2) is 0 Å². The van der Waals surface area contributed by atoms with Crippen LogP contribution in [-0.4, -0.2) is 20.8 Å². The second-order valence-corrected chi connectivity index (χ2v) is 6.40. The van der Waals surface area contributed by atoms with Gasteiger partial charge in [-0.15, -0.1) is 0 Å². The highest BCUT2D eigenvalue weighted by atomic mass is 79.9. The fraction of sp³-hybridized carbons (Fsp3) is 0.467. The maximum absolute atomic E-state index is 12.6. The first-order valence-electron chi connectivity index (χ1n) is 7.32. The van der Waals surface area contributed by atoms with Gasteiger partial charge in [-0.25, -0.2) is 9.67 Å². The summed E-state index contributed by atoms with van der Waals surface area (Å²) < 4.78 is 26.7. The van der Waals surface area contributed by atoms with Crippen LogP contribution in [0.15, 0.2) is 35.3 Å². The lowest BCUT2D eigenvalue weighted by Gasteiger charge is -2.29. The summed E-state index contributed by atoms with van der Waals surface area (Å²) in [4.78, 5) is 4.11. The Bertz CT molecular complexity index is 624. The van der Waals surface area contributed by atoms with Crippen LogP contribution in [0.1, 0.15) is 43.7 Å². The molecule has 0 radical (unpaired) electrons. The highest BCUT2D eigenvalue weighted by Gasteiger charge is 2.24. The molecule has 0 unspecified atom stereocenters. The first-order valence-corrected chi connectivity index (χ1v) is 8.11. The Labute approximate surface area is 136 Å². The van der Waals surface area contributed by atoms with E-state index in [1.807, 2.05) is 12.1 Å². The number of rotatable bonds is 4. The number of nitrogens with one attached hydrogen (secondary N) is 1. The molecular formula is C15H17BrF2N4. The van der Waals surface area contributed by atoms with E-state index >= 15 is 0 Å². The highest BCUT2D eigenvalue weighted by molar-refractivity contribution is 9.10. The molecule has 3 rings (SSSR count). The van der Waals surface area contributed by atoms with Crippen molar-refractivity contribution in [3.05, 3.63) is 40.9 Å². The van der Waals surface area contributed by atoms with Gasteiger partial charge in [0.05, 0.1) is 6.20 Å². The molecule has 2 aromatic rings. The number of hydrogen-bond acceptors (Lipinski definition) is 3. The number of aromatic nitrogens is 3. The molecule has 7 heteroatoms. The molecule has 1 saturated carbocycles. The van der Waals surface area contributed by atoms with Gasteiger partial charge in [0.1, 0.15) is 4.60 Å². The number of anilines is 1. The Balaban J connectivity index is 1.55. The molecule has 1 aliphatic carbocycles.